The Labute approximate surface area is 244 Å². The van der Waals surface area contributed by atoms with Crippen molar-refractivity contribution in [2.75, 3.05) is 25.0 Å². The highest BCUT2D eigenvalue weighted by Crippen LogP contribution is 2.21. The van der Waals surface area contributed by atoms with Gasteiger partial charge >= 0.3 is 12.0 Å². The lowest BCUT2D eigenvalue weighted by Crippen LogP contribution is -2.41. The molecule has 0 bridgehead atoms. The number of hydrogen-bond acceptors (Lipinski definition) is 5. The van der Waals surface area contributed by atoms with Crippen molar-refractivity contribution in [1.29, 1.82) is 0 Å². The van der Waals surface area contributed by atoms with E-state index in [1.807, 2.05) is 6.92 Å². The van der Waals surface area contributed by atoms with Crippen LogP contribution in [0.25, 0.3) is 0 Å². The Morgan fingerprint density at radius 3 is 2.12 bits per heavy atom. The van der Waals surface area contributed by atoms with Crippen LogP contribution in [0.3, 0.4) is 0 Å². The van der Waals surface area contributed by atoms with E-state index in [0.29, 0.717) is 13.0 Å². The first-order valence-corrected chi connectivity index (χ1v) is 14.5. The fraction of sp³-hybridized carbons (Fsp3) is 0.469. The van der Waals surface area contributed by atoms with E-state index in [4.69, 9.17) is 9.84 Å². The lowest BCUT2D eigenvalue weighted by Gasteiger charge is -2.16. The molecule has 5 N–H and O–H groups in total. The number of carbonyl (C=O) groups is 3. The van der Waals surface area contributed by atoms with E-state index in [0.717, 1.165) is 57.4 Å². The third kappa shape index (κ3) is 17.5. The number of carboxylic acids is 1. The minimum atomic E-state index is -1.30. The van der Waals surface area contributed by atoms with Crippen molar-refractivity contribution in [2.24, 2.45) is 0 Å². The van der Waals surface area contributed by atoms with Crippen molar-refractivity contribution < 1.29 is 29.3 Å². The average molecular weight is 570 g/mol. The van der Waals surface area contributed by atoms with Gasteiger partial charge in [0.25, 0.3) is 0 Å². The fourth-order valence-electron chi connectivity index (χ4n) is 3.68. The van der Waals surface area contributed by atoms with Gasteiger partial charge in [0.2, 0.25) is 5.91 Å². The van der Waals surface area contributed by atoms with E-state index in [1.54, 1.807) is 0 Å². The molecule has 0 spiro atoms. The molecule has 41 heavy (non-hydrogen) atoms. The highest BCUT2D eigenvalue weighted by Gasteiger charge is 2.16. The van der Waals surface area contributed by atoms with Gasteiger partial charge in [0.15, 0.2) is 0 Å². The fourth-order valence-corrected chi connectivity index (χ4v) is 3.68. The Morgan fingerprint density at radius 2 is 1.49 bits per heavy atom. The molecule has 0 saturated heterocycles. The van der Waals surface area contributed by atoms with Crippen LogP contribution in [-0.2, 0) is 9.53 Å². The Balaban J connectivity index is 2.10. The number of nitrogens with one attached hydrogen (secondary N) is 3. The summed E-state index contributed by atoms with van der Waals surface area (Å²) in [6, 6.07) is 3.18. The molecule has 0 aliphatic rings. The number of rotatable bonds is 21. The summed E-state index contributed by atoms with van der Waals surface area (Å²) < 4.78 is 5.75. The second kappa shape index (κ2) is 22.9. The van der Waals surface area contributed by atoms with E-state index in [-0.39, 0.29) is 36.0 Å². The molecule has 1 unspecified atom stereocenters. The number of carbonyl (C=O) groups excluding carboxylic acids is 2. The van der Waals surface area contributed by atoms with E-state index in [9.17, 15) is 19.5 Å². The molecular formula is C32H47N3O6. The summed E-state index contributed by atoms with van der Waals surface area (Å²) in [6.45, 7) is 4.94. The minimum absolute atomic E-state index is 0.176. The number of allylic oxidation sites excluding steroid dienone is 8. The van der Waals surface area contributed by atoms with E-state index < -0.39 is 18.1 Å². The van der Waals surface area contributed by atoms with E-state index in [1.165, 1.54) is 12.1 Å². The van der Waals surface area contributed by atoms with Gasteiger partial charge in [-0.1, -0.05) is 68.9 Å². The van der Waals surface area contributed by atoms with Crippen molar-refractivity contribution in [3.8, 4) is 5.75 Å². The Hall–Kier alpha value is -3.85. The topological polar surface area (TPSA) is 137 Å². The number of urea groups is 1. The van der Waals surface area contributed by atoms with Gasteiger partial charge in [-0.3, -0.25) is 4.79 Å². The molecule has 0 saturated carbocycles. The summed E-state index contributed by atoms with van der Waals surface area (Å²) in [6.07, 6.45) is 25.6. The first kappa shape index (κ1) is 35.2. The van der Waals surface area contributed by atoms with Crippen molar-refractivity contribution in [3.63, 3.8) is 0 Å². The highest BCUT2D eigenvalue weighted by atomic mass is 16.5. The van der Waals surface area contributed by atoms with Crippen LogP contribution in [0.15, 0.2) is 66.8 Å². The molecule has 0 aliphatic heterocycles. The van der Waals surface area contributed by atoms with Crippen LogP contribution >= 0.6 is 0 Å². The van der Waals surface area contributed by atoms with Gasteiger partial charge in [0.05, 0.1) is 0 Å². The van der Waals surface area contributed by atoms with Gasteiger partial charge in [-0.05, 0) is 69.6 Å². The summed E-state index contributed by atoms with van der Waals surface area (Å²) in [5.41, 5.74) is -0.0915. The zero-order valence-corrected chi connectivity index (χ0v) is 24.4. The monoisotopic (exact) mass is 569 g/mol. The molecule has 0 heterocycles. The number of hydrogen-bond donors (Lipinski definition) is 5. The van der Waals surface area contributed by atoms with Gasteiger partial charge in [0, 0.05) is 25.4 Å². The number of anilines is 1. The first-order chi connectivity index (χ1) is 19.9. The summed E-state index contributed by atoms with van der Waals surface area (Å²) in [5, 5.41) is 26.4. The van der Waals surface area contributed by atoms with Gasteiger partial charge in [-0.25, -0.2) is 9.59 Å². The van der Waals surface area contributed by atoms with E-state index in [2.05, 4.69) is 71.5 Å². The molecule has 0 radical (unpaired) electrons. The number of benzene rings is 1. The predicted octanol–water partition coefficient (Wildman–Crippen LogP) is 6.49. The lowest BCUT2D eigenvalue weighted by molar-refractivity contribution is -0.133. The van der Waals surface area contributed by atoms with Gasteiger partial charge < -0.3 is 30.9 Å². The maximum absolute atomic E-state index is 12.4. The van der Waals surface area contributed by atoms with Crippen LogP contribution in [0, 0.1) is 0 Å². The zero-order valence-electron chi connectivity index (χ0n) is 24.4. The van der Waals surface area contributed by atoms with Crippen molar-refractivity contribution in [2.45, 2.75) is 77.7 Å². The lowest BCUT2D eigenvalue weighted by atomic mass is 10.2. The standard InChI is InChI=1S/C32H47N3O6/c1-3-5-6-7-8-9-10-11-12-13-14-15-16-17-18-19-24-41-29(4-2)30(37)33-22-23-34-32(40)35-26-20-21-28(36)27(25-26)31(38)39/h5-6,8-9,11-12,14-15,20-21,25,29,36H,3-4,7,10,13,16-19,22-24H2,1-2H3,(H,33,37)(H,38,39)(H2,34,35,40)/b6-5-,9-8-,12-11-,15-14-. The molecule has 0 fully saturated rings. The van der Waals surface area contributed by atoms with Crippen LogP contribution in [0.2, 0.25) is 0 Å². The SMILES string of the molecule is CC/C=C\C/C=C\C/C=C\C/C=C\CCCCCOC(CC)C(=O)NCCNC(=O)Nc1ccc(O)c(C(=O)O)c1. The molecule has 0 aromatic heterocycles. The number of ether oxygens (including phenoxy) is 1. The summed E-state index contributed by atoms with van der Waals surface area (Å²) in [5.74, 6) is -1.91. The van der Waals surface area contributed by atoms with E-state index >= 15 is 0 Å². The molecule has 1 aromatic rings. The molecule has 9 heteroatoms. The van der Waals surface area contributed by atoms with Crippen molar-refractivity contribution in [3.05, 3.63) is 72.4 Å². The van der Waals surface area contributed by atoms with Gasteiger partial charge in [0.1, 0.15) is 17.4 Å². The number of aromatic carboxylic acids is 1. The predicted molar refractivity (Wildman–Crippen MR) is 164 cm³/mol. The maximum Gasteiger partial charge on any atom is 0.339 e. The number of phenols is 1. The van der Waals surface area contributed by atoms with Crippen LogP contribution in [0.4, 0.5) is 10.5 Å². The zero-order chi connectivity index (χ0) is 30.1. The summed E-state index contributed by atoms with van der Waals surface area (Å²) in [7, 11) is 0. The second-order valence-corrected chi connectivity index (χ2v) is 9.33. The van der Waals surface area contributed by atoms with Crippen molar-refractivity contribution in [1.82, 2.24) is 10.6 Å². The van der Waals surface area contributed by atoms with Gasteiger partial charge in [-0.2, -0.15) is 0 Å². The number of amides is 3. The molecule has 226 valence electrons. The number of carboxylic acid groups (broad SMARTS) is 1. The molecular weight excluding hydrogens is 522 g/mol. The van der Waals surface area contributed by atoms with Crippen molar-refractivity contribution >= 4 is 23.6 Å². The quantitative estimate of drug-likeness (QED) is 0.0652. The van der Waals surface area contributed by atoms with Crippen LogP contribution < -0.4 is 16.0 Å². The molecule has 1 atom stereocenters. The number of aromatic hydroxyl groups is 1. The van der Waals surface area contributed by atoms with Crippen LogP contribution in [-0.4, -0.2) is 53.9 Å². The first-order valence-electron chi connectivity index (χ1n) is 14.5. The minimum Gasteiger partial charge on any atom is -0.507 e. The van der Waals surface area contributed by atoms with Crippen LogP contribution in [0.5, 0.6) is 5.75 Å². The summed E-state index contributed by atoms with van der Waals surface area (Å²) >= 11 is 0. The molecule has 1 aromatic carbocycles. The average Bonchev–Trinajstić information content (AvgIpc) is 2.95. The maximum atomic E-state index is 12.4. The van der Waals surface area contributed by atoms with Gasteiger partial charge in [-0.15, -0.1) is 0 Å². The second-order valence-electron chi connectivity index (χ2n) is 9.33. The largest absolute Gasteiger partial charge is 0.507 e. The number of unbranched alkanes of at least 4 members (excludes halogenated alkanes) is 3. The Morgan fingerprint density at radius 1 is 0.854 bits per heavy atom. The van der Waals surface area contributed by atoms with Crippen LogP contribution in [0.1, 0.15) is 82.0 Å². The molecule has 1 rings (SSSR count). The molecule has 0 aliphatic carbocycles. The highest BCUT2D eigenvalue weighted by molar-refractivity contribution is 5.95. The summed E-state index contributed by atoms with van der Waals surface area (Å²) in [4.78, 5) is 35.5. The smallest absolute Gasteiger partial charge is 0.339 e. The normalized spacial score (nSPS) is 12.4. The molecule has 9 nitrogen and oxygen atoms in total. The Bertz CT molecular complexity index is 1030. The molecule has 3 amide bonds. The Kier molecular flexibility index (Phi) is 19.7. The third-order valence-corrected chi connectivity index (χ3v) is 5.91. The third-order valence-electron chi connectivity index (χ3n) is 5.91.